The van der Waals surface area contributed by atoms with Gasteiger partial charge in [-0.15, -0.1) is 0 Å². The molecule has 0 spiro atoms. The van der Waals surface area contributed by atoms with Crippen molar-refractivity contribution in [3.8, 4) is 0 Å². The molecule has 0 saturated heterocycles. The van der Waals surface area contributed by atoms with Crippen LogP contribution in [-0.4, -0.2) is 39.3 Å². The highest BCUT2D eigenvalue weighted by atomic mass is 16.6. The molecule has 1 aromatic carbocycles. The minimum Gasteiger partial charge on any atom is -0.478 e. The molecule has 102 valence electrons. The summed E-state index contributed by atoms with van der Waals surface area (Å²) in [7, 11) is 0. The molecule has 8 nitrogen and oxygen atoms in total. The van der Waals surface area contributed by atoms with Gasteiger partial charge < -0.3 is 5.11 Å². The molecule has 0 unspecified atom stereocenters. The van der Waals surface area contributed by atoms with Crippen LogP contribution in [0.2, 0.25) is 0 Å². The number of nitrogens with zero attached hydrogens (tertiary/aromatic N) is 2. The lowest BCUT2D eigenvalue weighted by Crippen LogP contribution is -2.30. The second kappa shape index (κ2) is 4.92. The van der Waals surface area contributed by atoms with Gasteiger partial charge in [-0.05, 0) is 6.07 Å². The van der Waals surface area contributed by atoms with E-state index >= 15 is 0 Å². The largest absolute Gasteiger partial charge is 0.478 e. The number of aliphatic carboxylic acids is 1. The van der Waals surface area contributed by atoms with E-state index in [1.165, 1.54) is 12.1 Å². The van der Waals surface area contributed by atoms with E-state index in [1.54, 1.807) is 0 Å². The third-order valence-corrected chi connectivity index (χ3v) is 2.72. The monoisotopic (exact) mass is 276 g/mol. The molecule has 1 aliphatic rings. The average Bonchev–Trinajstić information content (AvgIpc) is 2.63. The number of carbonyl (C=O) groups excluding carboxylic acids is 2. The van der Waals surface area contributed by atoms with Gasteiger partial charge >= 0.3 is 5.97 Å². The van der Waals surface area contributed by atoms with Crippen molar-refractivity contribution < 1.29 is 24.4 Å². The first-order valence-corrected chi connectivity index (χ1v) is 5.46. The molecule has 8 heteroatoms. The summed E-state index contributed by atoms with van der Waals surface area (Å²) in [6.07, 6.45) is 1.91. The second-order valence-corrected chi connectivity index (χ2v) is 3.92. The van der Waals surface area contributed by atoms with Gasteiger partial charge in [0.2, 0.25) is 0 Å². The van der Waals surface area contributed by atoms with Gasteiger partial charge in [0.25, 0.3) is 17.5 Å². The molecule has 0 atom stereocenters. The number of carboxylic acids is 1. The van der Waals surface area contributed by atoms with Crippen molar-refractivity contribution >= 4 is 23.5 Å². The summed E-state index contributed by atoms with van der Waals surface area (Å²) < 4.78 is 0. The number of nitro groups is 1. The summed E-state index contributed by atoms with van der Waals surface area (Å²) in [6, 6.07) is 3.78. The van der Waals surface area contributed by atoms with Gasteiger partial charge in [0.05, 0.1) is 10.5 Å². The number of imide groups is 1. The Kier molecular flexibility index (Phi) is 3.30. The van der Waals surface area contributed by atoms with Crippen LogP contribution in [-0.2, 0) is 4.79 Å². The van der Waals surface area contributed by atoms with E-state index in [-0.39, 0.29) is 17.7 Å². The Hall–Kier alpha value is -3.03. The lowest BCUT2D eigenvalue weighted by Gasteiger charge is -2.09. The number of benzene rings is 1. The molecule has 0 fully saturated rings. The number of carboxylic acid groups (broad SMARTS) is 1. The van der Waals surface area contributed by atoms with E-state index in [1.807, 2.05) is 0 Å². The molecule has 1 aliphatic heterocycles. The highest BCUT2D eigenvalue weighted by Gasteiger charge is 2.40. The predicted octanol–water partition coefficient (Wildman–Crippen LogP) is 0.832. The normalized spacial score (nSPS) is 13.9. The van der Waals surface area contributed by atoms with E-state index in [9.17, 15) is 24.5 Å². The summed E-state index contributed by atoms with van der Waals surface area (Å²) in [5.41, 5.74) is -0.746. The summed E-state index contributed by atoms with van der Waals surface area (Å²) in [5.74, 6) is -2.69. The fraction of sp³-hybridized carbons (Fsp3) is 0.0833. The molecule has 2 rings (SSSR count). The van der Waals surface area contributed by atoms with Crippen molar-refractivity contribution in [2.45, 2.75) is 0 Å². The third-order valence-electron chi connectivity index (χ3n) is 2.72. The Balaban J connectivity index is 2.38. The van der Waals surface area contributed by atoms with Crippen LogP contribution >= 0.6 is 0 Å². The minimum atomic E-state index is -1.22. The van der Waals surface area contributed by atoms with Crippen LogP contribution in [0.1, 0.15) is 20.7 Å². The molecule has 0 bridgehead atoms. The number of hydrogen-bond acceptors (Lipinski definition) is 5. The molecule has 0 saturated carbocycles. The van der Waals surface area contributed by atoms with Gasteiger partial charge in [0, 0.05) is 18.7 Å². The van der Waals surface area contributed by atoms with Crippen LogP contribution in [0.5, 0.6) is 0 Å². The van der Waals surface area contributed by atoms with Crippen molar-refractivity contribution in [3.05, 3.63) is 51.6 Å². The molecule has 1 N–H and O–H groups in total. The van der Waals surface area contributed by atoms with Crippen molar-refractivity contribution in [1.82, 2.24) is 4.90 Å². The second-order valence-electron chi connectivity index (χ2n) is 3.92. The molecule has 0 aromatic heterocycles. The number of fused-ring (bicyclic) bond motifs is 1. The number of nitro benzene ring substituents is 1. The number of carbonyl (C=O) groups is 3. The first-order valence-electron chi connectivity index (χ1n) is 5.46. The maximum atomic E-state index is 12.0. The molecule has 2 amide bonds. The van der Waals surface area contributed by atoms with Crippen LogP contribution in [0, 0.1) is 10.1 Å². The fourth-order valence-electron chi connectivity index (χ4n) is 1.89. The van der Waals surface area contributed by atoms with Gasteiger partial charge in [-0.2, -0.15) is 0 Å². The van der Waals surface area contributed by atoms with Crippen molar-refractivity contribution in [1.29, 1.82) is 0 Å². The zero-order valence-electron chi connectivity index (χ0n) is 9.98. The Morgan fingerprint density at radius 2 is 2.05 bits per heavy atom. The molecule has 20 heavy (non-hydrogen) atoms. The topological polar surface area (TPSA) is 118 Å². The van der Waals surface area contributed by atoms with Gasteiger partial charge in [-0.25, -0.2) is 4.79 Å². The fourth-order valence-corrected chi connectivity index (χ4v) is 1.89. The maximum Gasteiger partial charge on any atom is 0.328 e. The molecular formula is C12H8N2O6. The Morgan fingerprint density at radius 1 is 1.35 bits per heavy atom. The molecular weight excluding hydrogens is 268 g/mol. The Bertz CT molecular complexity index is 664. The van der Waals surface area contributed by atoms with Gasteiger partial charge in [0.15, 0.2) is 0 Å². The quantitative estimate of drug-likeness (QED) is 0.376. The van der Waals surface area contributed by atoms with Gasteiger partial charge in [0.1, 0.15) is 5.56 Å². The highest BCUT2D eigenvalue weighted by molar-refractivity contribution is 6.23. The molecule has 1 aromatic rings. The van der Waals surface area contributed by atoms with E-state index in [4.69, 9.17) is 5.11 Å². The van der Waals surface area contributed by atoms with Crippen LogP contribution in [0.4, 0.5) is 5.69 Å². The van der Waals surface area contributed by atoms with Crippen molar-refractivity contribution in [3.63, 3.8) is 0 Å². The van der Waals surface area contributed by atoms with E-state index < -0.39 is 28.4 Å². The summed E-state index contributed by atoms with van der Waals surface area (Å²) in [5, 5.41) is 19.3. The number of amides is 2. The lowest BCUT2D eigenvalue weighted by molar-refractivity contribution is -0.385. The van der Waals surface area contributed by atoms with E-state index in [0.717, 1.165) is 23.1 Å². The van der Waals surface area contributed by atoms with Crippen LogP contribution in [0.15, 0.2) is 30.4 Å². The summed E-state index contributed by atoms with van der Waals surface area (Å²) >= 11 is 0. The predicted molar refractivity (Wildman–Crippen MR) is 65.2 cm³/mol. The third kappa shape index (κ3) is 2.14. The zero-order valence-corrected chi connectivity index (χ0v) is 9.98. The first-order chi connectivity index (χ1) is 9.43. The zero-order chi connectivity index (χ0) is 14.9. The van der Waals surface area contributed by atoms with Gasteiger partial charge in [-0.3, -0.25) is 24.6 Å². The van der Waals surface area contributed by atoms with Crippen LogP contribution in [0.3, 0.4) is 0 Å². The Labute approximate surface area is 112 Å². The SMILES string of the molecule is O=C(O)C=CCN1C(=O)c2cccc([N+](=O)[O-])c2C1=O. The minimum absolute atomic E-state index is 0.0482. The van der Waals surface area contributed by atoms with Crippen LogP contribution in [0.25, 0.3) is 0 Å². The van der Waals surface area contributed by atoms with Crippen molar-refractivity contribution in [2.75, 3.05) is 6.54 Å². The van der Waals surface area contributed by atoms with Gasteiger partial charge in [-0.1, -0.05) is 12.1 Å². The maximum absolute atomic E-state index is 12.0. The van der Waals surface area contributed by atoms with E-state index in [0.29, 0.717) is 0 Å². The Morgan fingerprint density at radius 3 is 2.65 bits per heavy atom. The summed E-state index contributed by atoms with van der Waals surface area (Å²) in [4.78, 5) is 45.2. The summed E-state index contributed by atoms with van der Waals surface area (Å²) in [6.45, 7) is -0.254. The smallest absolute Gasteiger partial charge is 0.328 e. The molecule has 1 heterocycles. The first kappa shape index (κ1) is 13.4. The molecule has 0 radical (unpaired) electrons. The van der Waals surface area contributed by atoms with Crippen molar-refractivity contribution in [2.24, 2.45) is 0 Å². The number of rotatable bonds is 4. The lowest BCUT2D eigenvalue weighted by atomic mass is 10.1. The molecule has 0 aliphatic carbocycles. The standard InChI is InChI=1S/C12H8N2O6/c15-9(16)5-2-6-13-11(17)7-3-1-4-8(14(19)20)10(7)12(13)18/h1-5H,6H2,(H,15,16). The highest BCUT2D eigenvalue weighted by Crippen LogP contribution is 2.30. The average molecular weight is 276 g/mol. The van der Waals surface area contributed by atoms with Crippen LogP contribution < -0.4 is 0 Å². The van der Waals surface area contributed by atoms with E-state index in [2.05, 4.69) is 0 Å². The number of hydrogen-bond donors (Lipinski definition) is 1.